The summed E-state index contributed by atoms with van der Waals surface area (Å²) < 4.78 is 0. The number of carbonyl (C=O) groups is 2. The number of rotatable bonds is 5. The molecule has 0 radical (unpaired) electrons. The molecule has 1 saturated carbocycles. The molecule has 2 N–H and O–H groups in total. The summed E-state index contributed by atoms with van der Waals surface area (Å²) in [5, 5.41) is 5.88. The Morgan fingerprint density at radius 1 is 0.962 bits per heavy atom. The van der Waals surface area contributed by atoms with Crippen LogP contribution in [0.1, 0.15) is 52.7 Å². The predicted octanol–water partition coefficient (Wildman–Crippen LogP) is 3.64. The third kappa shape index (κ3) is 4.13. The van der Waals surface area contributed by atoms with Crippen molar-refractivity contribution in [3.05, 3.63) is 64.7 Å². The topological polar surface area (TPSA) is 58.2 Å². The van der Waals surface area contributed by atoms with Gasteiger partial charge in [-0.2, -0.15) is 0 Å². The molecule has 2 amide bonds. The SMILES string of the molecule is O=C(Cc1ccc2c(c1)CCCC2)Nc1cccc(C(=O)NC2CC2)c1. The van der Waals surface area contributed by atoms with Crippen LogP contribution in [-0.2, 0) is 24.1 Å². The lowest BCUT2D eigenvalue weighted by Gasteiger charge is -2.16. The first-order valence-electron chi connectivity index (χ1n) is 9.49. The molecule has 2 aromatic carbocycles. The average molecular weight is 348 g/mol. The Hall–Kier alpha value is -2.62. The van der Waals surface area contributed by atoms with Crippen LogP contribution in [0.15, 0.2) is 42.5 Å². The highest BCUT2D eigenvalue weighted by molar-refractivity contribution is 5.97. The maximum absolute atomic E-state index is 12.4. The van der Waals surface area contributed by atoms with Gasteiger partial charge in [0.1, 0.15) is 0 Å². The molecule has 0 saturated heterocycles. The van der Waals surface area contributed by atoms with Gasteiger partial charge in [0, 0.05) is 17.3 Å². The van der Waals surface area contributed by atoms with Gasteiger partial charge in [0.2, 0.25) is 5.91 Å². The highest BCUT2D eigenvalue weighted by Gasteiger charge is 2.23. The number of amides is 2. The Labute approximate surface area is 154 Å². The number of nitrogens with one attached hydrogen (secondary N) is 2. The Kier molecular flexibility index (Phi) is 4.74. The Morgan fingerprint density at radius 2 is 1.77 bits per heavy atom. The standard InChI is InChI=1S/C22H24N2O2/c25-21(13-15-8-9-16-4-1-2-5-17(16)12-15)23-20-7-3-6-18(14-20)22(26)24-19-10-11-19/h3,6-9,12,14,19H,1-2,4-5,10-11,13H2,(H,23,25)(H,24,26). The number of fused-ring (bicyclic) bond motifs is 1. The number of aryl methyl sites for hydroxylation is 2. The molecule has 0 atom stereocenters. The van der Waals surface area contributed by atoms with E-state index in [0.717, 1.165) is 31.2 Å². The first kappa shape index (κ1) is 16.8. The van der Waals surface area contributed by atoms with Crippen LogP contribution in [0.25, 0.3) is 0 Å². The van der Waals surface area contributed by atoms with Crippen LogP contribution in [0.5, 0.6) is 0 Å². The molecule has 0 bridgehead atoms. The summed E-state index contributed by atoms with van der Waals surface area (Å²) >= 11 is 0. The smallest absolute Gasteiger partial charge is 0.251 e. The van der Waals surface area contributed by atoms with Crippen LogP contribution in [0, 0.1) is 0 Å². The van der Waals surface area contributed by atoms with Crippen molar-refractivity contribution in [2.24, 2.45) is 0 Å². The molecule has 4 rings (SSSR count). The van der Waals surface area contributed by atoms with Crippen molar-refractivity contribution in [1.82, 2.24) is 5.32 Å². The van der Waals surface area contributed by atoms with Crippen LogP contribution in [0.3, 0.4) is 0 Å². The fraction of sp³-hybridized carbons (Fsp3) is 0.364. The summed E-state index contributed by atoms with van der Waals surface area (Å²) in [7, 11) is 0. The molecule has 0 heterocycles. The fourth-order valence-corrected chi connectivity index (χ4v) is 3.52. The summed E-state index contributed by atoms with van der Waals surface area (Å²) in [5.74, 6) is -0.126. The van der Waals surface area contributed by atoms with Crippen LogP contribution < -0.4 is 10.6 Å². The van der Waals surface area contributed by atoms with Crippen molar-refractivity contribution < 1.29 is 9.59 Å². The van der Waals surface area contributed by atoms with Gasteiger partial charge in [-0.15, -0.1) is 0 Å². The number of anilines is 1. The molecular weight excluding hydrogens is 324 g/mol. The molecule has 0 unspecified atom stereocenters. The van der Waals surface area contributed by atoms with E-state index in [1.165, 1.54) is 24.0 Å². The van der Waals surface area contributed by atoms with E-state index >= 15 is 0 Å². The zero-order valence-corrected chi connectivity index (χ0v) is 14.9. The predicted molar refractivity (Wildman–Crippen MR) is 102 cm³/mol. The Balaban J connectivity index is 1.39. The fourth-order valence-electron chi connectivity index (χ4n) is 3.52. The van der Waals surface area contributed by atoms with Crippen molar-refractivity contribution in [2.75, 3.05) is 5.32 Å². The van der Waals surface area contributed by atoms with Gasteiger partial charge < -0.3 is 10.6 Å². The normalized spacial score (nSPS) is 15.8. The van der Waals surface area contributed by atoms with E-state index in [4.69, 9.17) is 0 Å². The second-order valence-corrected chi connectivity index (χ2v) is 7.36. The molecule has 1 fully saturated rings. The van der Waals surface area contributed by atoms with E-state index in [1.807, 2.05) is 6.07 Å². The van der Waals surface area contributed by atoms with Crippen LogP contribution in [0.2, 0.25) is 0 Å². The van der Waals surface area contributed by atoms with E-state index in [-0.39, 0.29) is 11.8 Å². The molecule has 2 aliphatic carbocycles. The van der Waals surface area contributed by atoms with Gasteiger partial charge in [0.15, 0.2) is 0 Å². The highest BCUT2D eigenvalue weighted by Crippen LogP contribution is 2.23. The minimum atomic E-state index is -0.0710. The minimum Gasteiger partial charge on any atom is -0.349 e. The van der Waals surface area contributed by atoms with Gasteiger partial charge >= 0.3 is 0 Å². The summed E-state index contributed by atoms with van der Waals surface area (Å²) in [6.07, 6.45) is 7.23. The monoisotopic (exact) mass is 348 g/mol. The molecule has 0 spiro atoms. The molecule has 26 heavy (non-hydrogen) atoms. The summed E-state index contributed by atoms with van der Waals surface area (Å²) in [4.78, 5) is 24.5. The molecule has 2 aromatic rings. The summed E-state index contributed by atoms with van der Waals surface area (Å²) in [6.45, 7) is 0. The Morgan fingerprint density at radius 3 is 2.58 bits per heavy atom. The lowest BCUT2D eigenvalue weighted by atomic mass is 9.90. The molecule has 4 nitrogen and oxygen atoms in total. The average Bonchev–Trinajstić information content (AvgIpc) is 3.45. The van der Waals surface area contributed by atoms with E-state index < -0.39 is 0 Å². The van der Waals surface area contributed by atoms with Gasteiger partial charge in [-0.25, -0.2) is 0 Å². The van der Waals surface area contributed by atoms with Crippen LogP contribution >= 0.6 is 0 Å². The van der Waals surface area contributed by atoms with Crippen molar-refractivity contribution >= 4 is 17.5 Å². The lowest BCUT2D eigenvalue weighted by Crippen LogP contribution is -2.25. The largest absolute Gasteiger partial charge is 0.349 e. The zero-order valence-electron chi connectivity index (χ0n) is 14.9. The van der Waals surface area contributed by atoms with Crippen molar-refractivity contribution in [2.45, 2.75) is 51.0 Å². The van der Waals surface area contributed by atoms with E-state index in [2.05, 4.69) is 28.8 Å². The quantitative estimate of drug-likeness (QED) is 0.867. The van der Waals surface area contributed by atoms with Gasteiger partial charge in [-0.1, -0.05) is 24.3 Å². The minimum absolute atomic E-state index is 0.0551. The number of hydrogen-bond acceptors (Lipinski definition) is 2. The molecule has 0 aliphatic heterocycles. The summed E-state index contributed by atoms with van der Waals surface area (Å²) in [5.41, 5.74) is 5.11. The number of hydrogen-bond donors (Lipinski definition) is 2. The van der Waals surface area contributed by atoms with Crippen molar-refractivity contribution in [1.29, 1.82) is 0 Å². The third-order valence-electron chi connectivity index (χ3n) is 5.10. The maximum Gasteiger partial charge on any atom is 0.251 e. The number of benzene rings is 2. The van der Waals surface area contributed by atoms with Crippen molar-refractivity contribution in [3.8, 4) is 0 Å². The van der Waals surface area contributed by atoms with Gasteiger partial charge in [-0.3, -0.25) is 9.59 Å². The molecule has 134 valence electrons. The van der Waals surface area contributed by atoms with Gasteiger partial charge in [0.25, 0.3) is 5.91 Å². The van der Waals surface area contributed by atoms with Crippen LogP contribution in [-0.4, -0.2) is 17.9 Å². The van der Waals surface area contributed by atoms with Crippen LogP contribution in [0.4, 0.5) is 5.69 Å². The molecule has 2 aliphatic rings. The second kappa shape index (κ2) is 7.32. The summed E-state index contributed by atoms with van der Waals surface area (Å²) in [6, 6.07) is 13.9. The molecule has 4 heteroatoms. The zero-order chi connectivity index (χ0) is 17.9. The van der Waals surface area contributed by atoms with Crippen molar-refractivity contribution in [3.63, 3.8) is 0 Å². The van der Waals surface area contributed by atoms with Gasteiger partial charge in [0.05, 0.1) is 6.42 Å². The van der Waals surface area contributed by atoms with E-state index in [9.17, 15) is 9.59 Å². The first-order chi connectivity index (χ1) is 12.7. The molecular formula is C22H24N2O2. The van der Waals surface area contributed by atoms with E-state index in [0.29, 0.717) is 23.7 Å². The third-order valence-corrected chi connectivity index (χ3v) is 5.10. The first-order valence-corrected chi connectivity index (χ1v) is 9.49. The lowest BCUT2D eigenvalue weighted by molar-refractivity contribution is -0.115. The number of carbonyl (C=O) groups excluding carboxylic acids is 2. The second-order valence-electron chi connectivity index (χ2n) is 7.36. The van der Waals surface area contributed by atoms with E-state index in [1.54, 1.807) is 18.2 Å². The maximum atomic E-state index is 12.4. The molecule has 0 aromatic heterocycles. The van der Waals surface area contributed by atoms with Gasteiger partial charge in [-0.05, 0) is 73.4 Å². The highest BCUT2D eigenvalue weighted by atomic mass is 16.2. The Bertz CT molecular complexity index is 840.